The minimum atomic E-state index is -0.0858. The summed E-state index contributed by atoms with van der Waals surface area (Å²) in [6.07, 6.45) is 2.30. The lowest BCUT2D eigenvalue weighted by molar-refractivity contribution is -0.134. The van der Waals surface area contributed by atoms with Crippen LogP contribution in [0.3, 0.4) is 0 Å². The second-order valence-electron chi connectivity index (χ2n) is 6.02. The molecule has 0 aromatic heterocycles. The van der Waals surface area contributed by atoms with Gasteiger partial charge in [0, 0.05) is 38.8 Å². The van der Waals surface area contributed by atoms with Crippen LogP contribution in [0.1, 0.15) is 40.0 Å². The van der Waals surface area contributed by atoms with Crippen molar-refractivity contribution in [2.75, 3.05) is 20.3 Å². The number of ether oxygens (including phenoxy) is 1. The molecule has 0 aromatic carbocycles. The van der Waals surface area contributed by atoms with Gasteiger partial charge < -0.3 is 15.4 Å². The Hall–Kier alpha value is -0.610. The summed E-state index contributed by atoms with van der Waals surface area (Å²) in [6.45, 7) is 7.72. The van der Waals surface area contributed by atoms with Crippen molar-refractivity contribution in [3.63, 3.8) is 0 Å². The van der Waals surface area contributed by atoms with E-state index in [9.17, 15) is 4.79 Å². The molecule has 0 bridgehead atoms. The first-order chi connectivity index (χ1) is 7.82. The van der Waals surface area contributed by atoms with Crippen molar-refractivity contribution in [3.05, 3.63) is 0 Å². The van der Waals surface area contributed by atoms with E-state index in [0.29, 0.717) is 12.5 Å². The van der Waals surface area contributed by atoms with Crippen molar-refractivity contribution in [2.45, 2.75) is 52.1 Å². The van der Waals surface area contributed by atoms with E-state index < -0.39 is 0 Å². The minimum Gasteiger partial charge on any atom is -0.381 e. The lowest BCUT2D eigenvalue weighted by Gasteiger charge is -2.34. The van der Waals surface area contributed by atoms with Gasteiger partial charge in [-0.2, -0.15) is 0 Å². The highest BCUT2D eigenvalue weighted by atomic mass is 16.5. The third-order valence-electron chi connectivity index (χ3n) is 3.64. The molecule has 4 heteroatoms. The molecule has 1 aliphatic heterocycles. The van der Waals surface area contributed by atoms with Crippen molar-refractivity contribution in [3.8, 4) is 0 Å². The lowest BCUT2D eigenvalue weighted by atomic mass is 9.85. The number of amides is 1. The van der Waals surface area contributed by atoms with Gasteiger partial charge >= 0.3 is 0 Å². The predicted octanol–water partition coefficient (Wildman–Crippen LogP) is 1.39. The van der Waals surface area contributed by atoms with E-state index >= 15 is 0 Å². The average Bonchev–Trinajstić information content (AvgIpc) is 2.27. The smallest absolute Gasteiger partial charge is 0.224 e. The number of carbonyl (C=O) groups is 1. The second kappa shape index (κ2) is 5.83. The standard InChI is InChI=1S/C13H26N2O2/c1-13(2,3)11(14)9-12(16)15(4)10-5-7-17-8-6-10/h10-11H,5-9,14H2,1-4H3. The van der Waals surface area contributed by atoms with Crippen LogP contribution in [0.4, 0.5) is 0 Å². The molecule has 0 aromatic rings. The summed E-state index contributed by atoms with van der Waals surface area (Å²) in [6, 6.07) is 0.237. The van der Waals surface area contributed by atoms with E-state index in [1.807, 2.05) is 11.9 Å². The van der Waals surface area contributed by atoms with Crippen LogP contribution in [0.15, 0.2) is 0 Å². The highest BCUT2D eigenvalue weighted by Gasteiger charge is 2.27. The van der Waals surface area contributed by atoms with E-state index in [2.05, 4.69) is 20.8 Å². The zero-order chi connectivity index (χ0) is 13.1. The quantitative estimate of drug-likeness (QED) is 0.813. The fraction of sp³-hybridized carbons (Fsp3) is 0.923. The van der Waals surface area contributed by atoms with Crippen LogP contribution in [0.5, 0.6) is 0 Å². The van der Waals surface area contributed by atoms with Gasteiger partial charge in [0.1, 0.15) is 0 Å². The Morgan fingerprint density at radius 1 is 1.41 bits per heavy atom. The number of nitrogens with zero attached hydrogens (tertiary/aromatic N) is 1. The predicted molar refractivity (Wildman–Crippen MR) is 68.7 cm³/mol. The molecule has 1 unspecified atom stereocenters. The summed E-state index contributed by atoms with van der Waals surface area (Å²) in [5.74, 6) is 0.152. The minimum absolute atomic E-state index is 0.0217. The van der Waals surface area contributed by atoms with Gasteiger partial charge in [0.2, 0.25) is 5.91 Å². The van der Waals surface area contributed by atoms with Crippen LogP contribution < -0.4 is 5.73 Å². The summed E-state index contributed by atoms with van der Waals surface area (Å²) in [5, 5.41) is 0. The van der Waals surface area contributed by atoms with Gasteiger partial charge in [-0.15, -0.1) is 0 Å². The maximum absolute atomic E-state index is 12.1. The molecule has 4 nitrogen and oxygen atoms in total. The van der Waals surface area contributed by atoms with Gasteiger partial charge in [-0.25, -0.2) is 0 Å². The van der Waals surface area contributed by atoms with Crippen molar-refractivity contribution in [1.82, 2.24) is 4.90 Å². The van der Waals surface area contributed by atoms with Crippen LogP contribution in [-0.4, -0.2) is 43.2 Å². The lowest BCUT2D eigenvalue weighted by Crippen LogP contribution is -2.45. The van der Waals surface area contributed by atoms with E-state index in [-0.39, 0.29) is 17.4 Å². The van der Waals surface area contributed by atoms with Crippen LogP contribution in [0.2, 0.25) is 0 Å². The molecule has 0 aliphatic carbocycles. The number of hydrogen-bond acceptors (Lipinski definition) is 3. The van der Waals surface area contributed by atoms with Gasteiger partial charge in [0.05, 0.1) is 0 Å². The molecule has 17 heavy (non-hydrogen) atoms. The van der Waals surface area contributed by atoms with E-state index in [4.69, 9.17) is 10.5 Å². The number of hydrogen-bond donors (Lipinski definition) is 1. The topological polar surface area (TPSA) is 55.6 Å². The Bertz CT molecular complexity index is 255. The summed E-state index contributed by atoms with van der Waals surface area (Å²) >= 11 is 0. The molecule has 2 N–H and O–H groups in total. The Morgan fingerprint density at radius 2 is 1.94 bits per heavy atom. The van der Waals surface area contributed by atoms with Gasteiger partial charge in [-0.3, -0.25) is 4.79 Å². The molecule has 1 aliphatic rings. The Morgan fingerprint density at radius 3 is 2.41 bits per heavy atom. The molecule has 0 spiro atoms. The SMILES string of the molecule is CN(C(=O)CC(N)C(C)(C)C)C1CCOCC1. The molecule has 1 atom stereocenters. The van der Waals surface area contributed by atoms with Crippen LogP contribution >= 0.6 is 0 Å². The first-order valence-corrected chi connectivity index (χ1v) is 6.41. The zero-order valence-electron chi connectivity index (χ0n) is 11.5. The molecule has 1 rings (SSSR count). The van der Waals surface area contributed by atoms with Crippen LogP contribution in [0, 0.1) is 5.41 Å². The second-order valence-corrected chi connectivity index (χ2v) is 6.02. The Labute approximate surface area is 104 Å². The number of nitrogens with two attached hydrogens (primary N) is 1. The van der Waals surface area contributed by atoms with E-state index in [1.165, 1.54) is 0 Å². The summed E-state index contributed by atoms with van der Waals surface area (Å²) in [5.41, 5.74) is 6.03. The van der Waals surface area contributed by atoms with Crippen molar-refractivity contribution in [1.29, 1.82) is 0 Å². The molecule has 100 valence electrons. The van der Waals surface area contributed by atoms with Crippen LogP contribution in [0.25, 0.3) is 0 Å². The van der Waals surface area contributed by atoms with E-state index in [0.717, 1.165) is 26.1 Å². The number of carbonyl (C=O) groups excluding carboxylic acids is 1. The molecular weight excluding hydrogens is 216 g/mol. The van der Waals surface area contributed by atoms with Gasteiger partial charge in [0.25, 0.3) is 0 Å². The van der Waals surface area contributed by atoms with Crippen LogP contribution in [-0.2, 0) is 9.53 Å². The third-order valence-corrected chi connectivity index (χ3v) is 3.64. The monoisotopic (exact) mass is 242 g/mol. The fourth-order valence-corrected chi connectivity index (χ4v) is 1.91. The molecule has 1 heterocycles. The summed E-state index contributed by atoms with van der Waals surface area (Å²) < 4.78 is 5.30. The third kappa shape index (κ3) is 4.28. The van der Waals surface area contributed by atoms with Crippen molar-refractivity contribution >= 4 is 5.91 Å². The first-order valence-electron chi connectivity index (χ1n) is 6.41. The maximum atomic E-state index is 12.1. The highest BCUT2D eigenvalue weighted by Crippen LogP contribution is 2.21. The highest BCUT2D eigenvalue weighted by molar-refractivity contribution is 5.77. The fourth-order valence-electron chi connectivity index (χ4n) is 1.91. The Balaban J connectivity index is 2.46. The van der Waals surface area contributed by atoms with E-state index in [1.54, 1.807) is 0 Å². The molecule has 1 saturated heterocycles. The van der Waals surface area contributed by atoms with Crippen molar-refractivity contribution in [2.24, 2.45) is 11.1 Å². The number of rotatable bonds is 3. The summed E-state index contributed by atoms with van der Waals surface area (Å²) in [4.78, 5) is 14.0. The van der Waals surface area contributed by atoms with Gasteiger partial charge in [-0.1, -0.05) is 20.8 Å². The molecule has 1 amide bonds. The largest absolute Gasteiger partial charge is 0.381 e. The molecule has 0 radical (unpaired) electrons. The summed E-state index contributed by atoms with van der Waals surface area (Å²) in [7, 11) is 1.88. The molecular formula is C13H26N2O2. The Kier molecular flexibility index (Phi) is 4.95. The first kappa shape index (κ1) is 14.5. The van der Waals surface area contributed by atoms with Gasteiger partial charge in [-0.05, 0) is 18.3 Å². The average molecular weight is 242 g/mol. The maximum Gasteiger partial charge on any atom is 0.224 e. The molecule has 1 fully saturated rings. The van der Waals surface area contributed by atoms with Gasteiger partial charge in [0.15, 0.2) is 0 Å². The normalized spacial score (nSPS) is 20.1. The zero-order valence-corrected chi connectivity index (χ0v) is 11.5. The molecule has 0 saturated carbocycles. The van der Waals surface area contributed by atoms with Crippen molar-refractivity contribution < 1.29 is 9.53 Å².